The summed E-state index contributed by atoms with van der Waals surface area (Å²) in [6.45, 7) is 2.10. The quantitative estimate of drug-likeness (QED) is 0.573. The molecular weight excluding hydrogens is 313 g/mol. The summed E-state index contributed by atoms with van der Waals surface area (Å²) >= 11 is 0. The molecule has 8 heteroatoms. The molecule has 2 rings (SSSR count). The Bertz CT molecular complexity index is 624. The van der Waals surface area contributed by atoms with Gasteiger partial charge in [0.15, 0.2) is 11.6 Å². The molecule has 0 unspecified atom stereocenters. The van der Waals surface area contributed by atoms with Gasteiger partial charge < -0.3 is 25.8 Å². The van der Waals surface area contributed by atoms with E-state index >= 15 is 0 Å². The third-order valence-corrected chi connectivity index (χ3v) is 3.08. The van der Waals surface area contributed by atoms with E-state index < -0.39 is 5.82 Å². The predicted molar refractivity (Wildman–Crippen MR) is 91.2 cm³/mol. The van der Waals surface area contributed by atoms with Gasteiger partial charge in [-0.2, -0.15) is 4.98 Å². The number of aromatic nitrogens is 2. The first-order chi connectivity index (χ1) is 11.7. The van der Waals surface area contributed by atoms with Gasteiger partial charge >= 0.3 is 0 Å². The smallest absolute Gasteiger partial charge is 0.229 e. The highest BCUT2D eigenvalue weighted by atomic mass is 19.1. The molecule has 0 amide bonds. The fourth-order valence-electron chi connectivity index (χ4n) is 1.87. The molecule has 0 spiro atoms. The Morgan fingerprint density at radius 2 is 2.00 bits per heavy atom. The number of anilines is 3. The molecular formula is C16H22FN5O2. The lowest BCUT2D eigenvalue weighted by Gasteiger charge is -2.10. The zero-order chi connectivity index (χ0) is 17.2. The monoisotopic (exact) mass is 335 g/mol. The Morgan fingerprint density at radius 1 is 1.21 bits per heavy atom. The van der Waals surface area contributed by atoms with Crippen LogP contribution in [0.3, 0.4) is 0 Å². The number of hydrogen-bond donors (Lipinski definition) is 3. The van der Waals surface area contributed by atoms with Crippen molar-refractivity contribution in [2.24, 2.45) is 5.73 Å². The number of benzene rings is 1. The number of ether oxygens (including phenoxy) is 2. The number of rotatable bonds is 10. The molecule has 2 aromatic rings. The van der Waals surface area contributed by atoms with Gasteiger partial charge in [-0.3, -0.25) is 0 Å². The normalized spacial score (nSPS) is 10.5. The Morgan fingerprint density at radius 3 is 2.71 bits per heavy atom. The summed E-state index contributed by atoms with van der Waals surface area (Å²) in [5.41, 5.74) is 6.19. The van der Waals surface area contributed by atoms with Crippen LogP contribution in [0.25, 0.3) is 0 Å². The molecule has 1 heterocycles. The fraction of sp³-hybridized carbons (Fsp3) is 0.375. The van der Waals surface area contributed by atoms with E-state index in [1.54, 1.807) is 7.11 Å². The Balaban J connectivity index is 1.96. The zero-order valence-corrected chi connectivity index (χ0v) is 13.6. The van der Waals surface area contributed by atoms with E-state index in [4.69, 9.17) is 15.2 Å². The largest absolute Gasteiger partial charge is 0.491 e. The highest BCUT2D eigenvalue weighted by molar-refractivity contribution is 5.56. The molecule has 0 saturated heterocycles. The van der Waals surface area contributed by atoms with Crippen molar-refractivity contribution < 1.29 is 13.9 Å². The molecule has 0 fully saturated rings. The molecule has 0 aliphatic carbocycles. The summed E-state index contributed by atoms with van der Waals surface area (Å²) in [6, 6.07) is 7.30. The lowest BCUT2D eigenvalue weighted by atomic mass is 10.3. The van der Waals surface area contributed by atoms with E-state index in [1.807, 2.05) is 24.3 Å². The van der Waals surface area contributed by atoms with Crippen LogP contribution in [0.4, 0.5) is 21.8 Å². The van der Waals surface area contributed by atoms with Crippen molar-refractivity contribution in [3.63, 3.8) is 0 Å². The van der Waals surface area contributed by atoms with Crippen molar-refractivity contribution in [3.8, 4) is 5.75 Å². The first-order valence-electron chi connectivity index (χ1n) is 7.68. The Hall–Kier alpha value is -2.45. The van der Waals surface area contributed by atoms with E-state index in [0.29, 0.717) is 32.3 Å². The fourth-order valence-corrected chi connectivity index (χ4v) is 1.87. The summed E-state index contributed by atoms with van der Waals surface area (Å²) < 4.78 is 24.1. The van der Waals surface area contributed by atoms with Gasteiger partial charge in [0.05, 0.1) is 12.8 Å². The van der Waals surface area contributed by atoms with E-state index in [2.05, 4.69) is 20.6 Å². The second-order valence-corrected chi connectivity index (χ2v) is 4.95. The van der Waals surface area contributed by atoms with Crippen LogP contribution in [0.5, 0.6) is 5.75 Å². The van der Waals surface area contributed by atoms with Crippen LogP contribution in [0.2, 0.25) is 0 Å². The molecule has 24 heavy (non-hydrogen) atoms. The molecule has 0 aliphatic rings. The number of nitrogens with two attached hydrogens (primary N) is 1. The van der Waals surface area contributed by atoms with Gasteiger partial charge in [-0.15, -0.1) is 0 Å². The number of nitrogens with one attached hydrogen (secondary N) is 2. The number of methoxy groups -OCH3 is 1. The molecule has 0 radical (unpaired) electrons. The van der Waals surface area contributed by atoms with Crippen molar-refractivity contribution in [1.29, 1.82) is 0 Å². The SMILES string of the molecule is COCCOc1ccc(Nc2ncc(F)c(NCCCN)n2)cc1. The van der Waals surface area contributed by atoms with Crippen molar-refractivity contribution in [1.82, 2.24) is 9.97 Å². The average molecular weight is 335 g/mol. The molecule has 0 aliphatic heterocycles. The number of nitrogens with zero attached hydrogens (tertiary/aromatic N) is 2. The van der Waals surface area contributed by atoms with Crippen molar-refractivity contribution in [2.45, 2.75) is 6.42 Å². The predicted octanol–water partition coefficient (Wildman–Crippen LogP) is 2.15. The lowest BCUT2D eigenvalue weighted by molar-refractivity contribution is 0.146. The van der Waals surface area contributed by atoms with Gasteiger partial charge in [0.25, 0.3) is 0 Å². The van der Waals surface area contributed by atoms with E-state index in [9.17, 15) is 4.39 Å². The standard InChI is InChI=1S/C16H22FN5O2/c1-23-9-10-24-13-5-3-12(4-6-13)21-16-20-11-14(17)15(22-16)19-8-2-7-18/h3-6,11H,2,7-10,18H2,1H3,(H2,19,20,21,22). The summed E-state index contributed by atoms with van der Waals surface area (Å²) in [6.07, 6.45) is 1.86. The minimum Gasteiger partial charge on any atom is -0.491 e. The molecule has 1 aromatic carbocycles. The third-order valence-electron chi connectivity index (χ3n) is 3.08. The molecule has 1 aromatic heterocycles. The molecule has 7 nitrogen and oxygen atoms in total. The van der Waals surface area contributed by atoms with Gasteiger partial charge in [0.2, 0.25) is 5.95 Å². The molecule has 0 atom stereocenters. The highest BCUT2D eigenvalue weighted by Gasteiger charge is 2.07. The topological polar surface area (TPSA) is 94.3 Å². The summed E-state index contributed by atoms with van der Waals surface area (Å²) in [4.78, 5) is 8.06. The minimum atomic E-state index is -0.500. The maximum atomic E-state index is 13.7. The Kier molecular flexibility index (Phi) is 7.19. The average Bonchev–Trinajstić information content (AvgIpc) is 2.59. The van der Waals surface area contributed by atoms with Crippen LogP contribution < -0.4 is 21.1 Å². The summed E-state index contributed by atoms with van der Waals surface area (Å²) in [5, 5.41) is 5.92. The van der Waals surface area contributed by atoms with Crippen LogP contribution in [0.15, 0.2) is 30.5 Å². The van der Waals surface area contributed by atoms with Crippen molar-refractivity contribution in [3.05, 3.63) is 36.3 Å². The summed E-state index contributed by atoms with van der Waals surface area (Å²) in [7, 11) is 1.62. The van der Waals surface area contributed by atoms with Crippen LogP contribution in [-0.4, -0.2) is 43.4 Å². The lowest BCUT2D eigenvalue weighted by Crippen LogP contribution is -2.11. The molecule has 0 bridgehead atoms. The second kappa shape index (κ2) is 9.64. The van der Waals surface area contributed by atoms with Gasteiger partial charge in [-0.1, -0.05) is 0 Å². The van der Waals surface area contributed by atoms with Crippen LogP contribution in [0, 0.1) is 5.82 Å². The van der Waals surface area contributed by atoms with Crippen LogP contribution in [0.1, 0.15) is 6.42 Å². The first-order valence-corrected chi connectivity index (χ1v) is 7.68. The van der Waals surface area contributed by atoms with E-state index in [-0.39, 0.29) is 5.82 Å². The Labute approximate surface area is 140 Å². The van der Waals surface area contributed by atoms with Gasteiger partial charge in [-0.25, -0.2) is 9.37 Å². The zero-order valence-electron chi connectivity index (χ0n) is 13.6. The minimum absolute atomic E-state index is 0.153. The second-order valence-electron chi connectivity index (χ2n) is 4.95. The van der Waals surface area contributed by atoms with E-state index in [0.717, 1.165) is 24.1 Å². The first kappa shape index (κ1) is 17.9. The summed E-state index contributed by atoms with van der Waals surface area (Å²) in [5.74, 6) is 0.696. The maximum absolute atomic E-state index is 13.7. The molecule has 4 N–H and O–H groups in total. The van der Waals surface area contributed by atoms with E-state index in [1.165, 1.54) is 0 Å². The van der Waals surface area contributed by atoms with Gasteiger partial charge in [0.1, 0.15) is 12.4 Å². The molecule has 130 valence electrons. The highest BCUT2D eigenvalue weighted by Crippen LogP contribution is 2.19. The van der Waals surface area contributed by atoms with Crippen LogP contribution >= 0.6 is 0 Å². The molecule has 0 saturated carbocycles. The number of hydrogen-bond acceptors (Lipinski definition) is 7. The van der Waals surface area contributed by atoms with Crippen LogP contribution in [-0.2, 0) is 4.74 Å². The van der Waals surface area contributed by atoms with Gasteiger partial charge in [-0.05, 0) is 37.2 Å². The maximum Gasteiger partial charge on any atom is 0.229 e. The third kappa shape index (κ3) is 5.64. The van der Waals surface area contributed by atoms with Crippen molar-refractivity contribution in [2.75, 3.05) is 44.0 Å². The van der Waals surface area contributed by atoms with Gasteiger partial charge in [0, 0.05) is 19.3 Å². The van der Waals surface area contributed by atoms with Crippen molar-refractivity contribution >= 4 is 17.5 Å². The number of halogens is 1.